The summed E-state index contributed by atoms with van der Waals surface area (Å²) >= 11 is 0. The van der Waals surface area contributed by atoms with Crippen LogP contribution >= 0.6 is 0 Å². The molecule has 2 aliphatic rings. The second-order valence-electron chi connectivity index (χ2n) is 6.90. The summed E-state index contributed by atoms with van der Waals surface area (Å²) in [5.41, 5.74) is 0. The highest BCUT2D eigenvalue weighted by molar-refractivity contribution is 4.80. The van der Waals surface area contributed by atoms with E-state index in [9.17, 15) is 13.2 Å². The molecule has 3 nitrogen and oxygen atoms in total. The van der Waals surface area contributed by atoms with Crippen molar-refractivity contribution in [2.45, 2.75) is 50.7 Å². The van der Waals surface area contributed by atoms with Crippen molar-refractivity contribution < 1.29 is 13.2 Å². The zero-order chi connectivity index (χ0) is 16.0. The Kier molecular flexibility index (Phi) is 6.96. The lowest BCUT2D eigenvalue weighted by molar-refractivity contribution is -0.182. The fourth-order valence-electron chi connectivity index (χ4n) is 3.56. The maximum atomic E-state index is 12.6. The van der Waals surface area contributed by atoms with E-state index in [2.05, 4.69) is 22.2 Å². The molecule has 1 saturated heterocycles. The molecule has 1 N–H and O–H groups in total. The van der Waals surface area contributed by atoms with E-state index in [1.807, 2.05) is 0 Å². The molecule has 6 heteroatoms. The van der Waals surface area contributed by atoms with Gasteiger partial charge < -0.3 is 15.1 Å². The molecule has 1 saturated carbocycles. The number of rotatable bonds is 5. The highest BCUT2D eigenvalue weighted by atomic mass is 19.4. The van der Waals surface area contributed by atoms with Crippen LogP contribution in [0.25, 0.3) is 0 Å². The minimum absolute atomic E-state index is 0.286. The number of hydrogen-bond acceptors (Lipinski definition) is 3. The molecule has 0 unspecified atom stereocenters. The van der Waals surface area contributed by atoms with Crippen molar-refractivity contribution in [1.82, 2.24) is 15.1 Å². The lowest BCUT2D eigenvalue weighted by Crippen LogP contribution is -2.38. The first-order valence-electron chi connectivity index (χ1n) is 8.66. The van der Waals surface area contributed by atoms with Crippen LogP contribution in [0.1, 0.15) is 38.5 Å². The Morgan fingerprint density at radius 3 is 2.41 bits per heavy atom. The molecule has 1 heterocycles. The van der Waals surface area contributed by atoms with Crippen molar-refractivity contribution in [1.29, 1.82) is 0 Å². The van der Waals surface area contributed by atoms with Gasteiger partial charge in [0.25, 0.3) is 0 Å². The van der Waals surface area contributed by atoms with E-state index < -0.39 is 12.1 Å². The van der Waals surface area contributed by atoms with Gasteiger partial charge in [-0.05, 0) is 71.8 Å². The van der Waals surface area contributed by atoms with Crippen LogP contribution in [0, 0.1) is 5.92 Å². The first-order chi connectivity index (χ1) is 10.4. The smallest absolute Gasteiger partial charge is 0.314 e. The molecule has 1 aliphatic heterocycles. The highest BCUT2D eigenvalue weighted by Crippen LogP contribution is 2.37. The molecule has 0 amide bonds. The van der Waals surface area contributed by atoms with Crippen LogP contribution in [-0.4, -0.2) is 68.3 Å². The SMILES string of the molecule is CN1CCCN(CCCNC2CCC(C(F)(F)F)CC2)CC1. The predicted octanol–water partition coefficient (Wildman–Crippen LogP) is 2.72. The zero-order valence-electron chi connectivity index (χ0n) is 13.7. The Labute approximate surface area is 132 Å². The number of alkyl halides is 3. The molecule has 0 aromatic carbocycles. The molecule has 0 atom stereocenters. The quantitative estimate of drug-likeness (QED) is 0.786. The fraction of sp³-hybridized carbons (Fsp3) is 1.00. The third-order valence-corrected chi connectivity index (χ3v) is 5.09. The van der Waals surface area contributed by atoms with E-state index in [0.29, 0.717) is 25.7 Å². The van der Waals surface area contributed by atoms with Crippen molar-refractivity contribution in [3.8, 4) is 0 Å². The maximum absolute atomic E-state index is 12.6. The molecule has 22 heavy (non-hydrogen) atoms. The van der Waals surface area contributed by atoms with E-state index in [1.54, 1.807) is 0 Å². The first-order valence-corrected chi connectivity index (χ1v) is 8.66. The van der Waals surface area contributed by atoms with Crippen LogP contribution in [0.4, 0.5) is 13.2 Å². The normalized spacial score (nSPS) is 29.5. The topological polar surface area (TPSA) is 18.5 Å². The van der Waals surface area contributed by atoms with Gasteiger partial charge in [-0.1, -0.05) is 0 Å². The molecule has 0 spiro atoms. The summed E-state index contributed by atoms with van der Waals surface area (Å²) in [5, 5.41) is 3.45. The molecular weight excluding hydrogens is 291 g/mol. The van der Waals surface area contributed by atoms with Crippen LogP contribution in [-0.2, 0) is 0 Å². The highest BCUT2D eigenvalue weighted by Gasteiger charge is 2.41. The van der Waals surface area contributed by atoms with Crippen LogP contribution in [0.5, 0.6) is 0 Å². The van der Waals surface area contributed by atoms with Crippen molar-refractivity contribution in [2.24, 2.45) is 5.92 Å². The van der Waals surface area contributed by atoms with E-state index in [4.69, 9.17) is 0 Å². The summed E-state index contributed by atoms with van der Waals surface area (Å²) in [5.74, 6) is -1.07. The summed E-state index contributed by atoms with van der Waals surface area (Å²) in [7, 11) is 2.17. The summed E-state index contributed by atoms with van der Waals surface area (Å²) in [4.78, 5) is 4.88. The number of nitrogens with zero attached hydrogens (tertiary/aromatic N) is 2. The second-order valence-corrected chi connectivity index (χ2v) is 6.90. The van der Waals surface area contributed by atoms with E-state index in [-0.39, 0.29) is 6.04 Å². The van der Waals surface area contributed by atoms with Gasteiger partial charge in [-0.2, -0.15) is 13.2 Å². The average Bonchev–Trinajstić information content (AvgIpc) is 2.68. The van der Waals surface area contributed by atoms with Gasteiger partial charge in [0.05, 0.1) is 5.92 Å². The minimum atomic E-state index is -4.00. The number of halogens is 3. The maximum Gasteiger partial charge on any atom is 0.391 e. The van der Waals surface area contributed by atoms with Crippen molar-refractivity contribution in [3.05, 3.63) is 0 Å². The number of nitrogens with one attached hydrogen (secondary N) is 1. The summed E-state index contributed by atoms with van der Waals surface area (Å²) < 4.78 is 37.8. The molecule has 0 radical (unpaired) electrons. The number of hydrogen-bond donors (Lipinski definition) is 1. The van der Waals surface area contributed by atoms with Crippen LogP contribution < -0.4 is 5.32 Å². The van der Waals surface area contributed by atoms with E-state index in [1.165, 1.54) is 19.5 Å². The zero-order valence-corrected chi connectivity index (χ0v) is 13.7. The molecule has 0 bridgehead atoms. The van der Waals surface area contributed by atoms with Gasteiger partial charge in [0.2, 0.25) is 0 Å². The third-order valence-electron chi connectivity index (χ3n) is 5.09. The largest absolute Gasteiger partial charge is 0.391 e. The molecule has 0 aromatic rings. The Balaban J connectivity index is 1.54. The monoisotopic (exact) mass is 321 g/mol. The third kappa shape index (κ3) is 6.05. The molecule has 1 aliphatic carbocycles. The van der Waals surface area contributed by atoms with Crippen molar-refractivity contribution >= 4 is 0 Å². The number of likely N-dealkylation sites (N-methyl/N-ethyl adjacent to an activating group) is 1. The van der Waals surface area contributed by atoms with Gasteiger partial charge in [-0.15, -0.1) is 0 Å². The van der Waals surface area contributed by atoms with E-state index >= 15 is 0 Å². The van der Waals surface area contributed by atoms with Crippen LogP contribution in [0.2, 0.25) is 0 Å². The Morgan fingerprint density at radius 2 is 1.73 bits per heavy atom. The van der Waals surface area contributed by atoms with Gasteiger partial charge in [0.15, 0.2) is 0 Å². The Bertz CT molecular complexity index is 314. The van der Waals surface area contributed by atoms with E-state index in [0.717, 1.165) is 32.6 Å². The molecule has 130 valence electrons. The average molecular weight is 321 g/mol. The predicted molar refractivity (Wildman–Crippen MR) is 83.0 cm³/mol. The Morgan fingerprint density at radius 1 is 1.00 bits per heavy atom. The summed E-state index contributed by atoms with van der Waals surface area (Å²) in [6.45, 7) is 6.63. The van der Waals surface area contributed by atoms with Gasteiger partial charge >= 0.3 is 6.18 Å². The second kappa shape index (κ2) is 8.50. The van der Waals surface area contributed by atoms with Crippen molar-refractivity contribution in [3.63, 3.8) is 0 Å². The molecule has 2 rings (SSSR count). The summed E-state index contributed by atoms with van der Waals surface area (Å²) in [6.07, 6.45) is 0.232. The minimum Gasteiger partial charge on any atom is -0.314 e. The fourth-order valence-corrected chi connectivity index (χ4v) is 3.56. The molecule has 2 fully saturated rings. The van der Waals surface area contributed by atoms with Gasteiger partial charge in [-0.3, -0.25) is 0 Å². The van der Waals surface area contributed by atoms with Gasteiger partial charge in [0.1, 0.15) is 0 Å². The van der Waals surface area contributed by atoms with Gasteiger partial charge in [-0.25, -0.2) is 0 Å². The van der Waals surface area contributed by atoms with Crippen LogP contribution in [0.3, 0.4) is 0 Å². The van der Waals surface area contributed by atoms with Gasteiger partial charge in [0, 0.05) is 19.1 Å². The lowest BCUT2D eigenvalue weighted by atomic mass is 9.85. The molecule has 0 aromatic heterocycles. The van der Waals surface area contributed by atoms with Crippen LogP contribution in [0.15, 0.2) is 0 Å². The lowest BCUT2D eigenvalue weighted by Gasteiger charge is -2.30. The standard InChI is InChI=1S/C16H30F3N3/c1-21-9-3-11-22(13-12-21)10-2-8-20-15-6-4-14(5-7-15)16(17,18)19/h14-15,20H,2-13H2,1H3. The Hall–Kier alpha value is -0.330. The summed E-state index contributed by atoms with van der Waals surface area (Å²) in [6, 6.07) is 0.286. The van der Waals surface area contributed by atoms with Crippen molar-refractivity contribution in [2.75, 3.05) is 46.3 Å². The molecular formula is C16H30F3N3. The first kappa shape index (κ1) is 18.0.